The Balaban J connectivity index is 2.10. The Morgan fingerprint density at radius 2 is 2.15 bits per heavy atom. The summed E-state index contributed by atoms with van der Waals surface area (Å²) in [5, 5.41) is 0.657. The Morgan fingerprint density at radius 1 is 1.30 bits per heavy atom. The highest BCUT2D eigenvalue weighted by molar-refractivity contribution is 6.30. The molecule has 0 saturated carbocycles. The molecule has 20 heavy (non-hydrogen) atoms. The number of benzene rings is 1. The van der Waals surface area contributed by atoms with E-state index in [1.54, 1.807) is 10.8 Å². The average Bonchev–Trinajstić information content (AvgIpc) is 2.81. The topological polar surface area (TPSA) is 63.6 Å². The first kappa shape index (κ1) is 12.6. The van der Waals surface area contributed by atoms with Crippen LogP contribution in [0.2, 0.25) is 5.02 Å². The predicted molar refractivity (Wildman–Crippen MR) is 77.2 cm³/mol. The molecule has 0 atom stereocenters. The van der Waals surface area contributed by atoms with Gasteiger partial charge in [-0.05, 0) is 19.1 Å². The highest BCUT2D eigenvalue weighted by atomic mass is 35.5. The number of imidazole rings is 1. The van der Waals surface area contributed by atoms with Gasteiger partial charge in [0.25, 0.3) is 5.56 Å². The number of nitrogens with zero attached hydrogens (tertiary/aromatic N) is 3. The molecule has 0 bridgehead atoms. The molecule has 0 fully saturated rings. The first-order valence-corrected chi connectivity index (χ1v) is 6.38. The molecule has 0 aliphatic heterocycles. The Morgan fingerprint density at radius 3 is 2.90 bits per heavy atom. The fourth-order valence-corrected chi connectivity index (χ4v) is 2.18. The first-order chi connectivity index (χ1) is 9.63. The number of H-pyrrole nitrogens is 1. The smallest absolute Gasteiger partial charge is 0.267 e. The first-order valence-electron chi connectivity index (χ1n) is 6.00. The van der Waals surface area contributed by atoms with Crippen molar-refractivity contribution in [2.24, 2.45) is 0 Å². The molecule has 0 unspecified atom stereocenters. The van der Waals surface area contributed by atoms with Gasteiger partial charge in [-0.3, -0.25) is 14.3 Å². The van der Waals surface area contributed by atoms with Crippen molar-refractivity contribution >= 4 is 11.6 Å². The van der Waals surface area contributed by atoms with Crippen molar-refractivity contribution in [2.75, 3.05) is 0 Å². The van der Waals surface area contributed by atoms with Gasteiger partial charge in [0.15, 0.2) is 0 Å². The standard InChI is InChI=1S/C14H11ClN4O/c1-9-17-12(10-3-2-4-11(15)5-10)8-19(9)13-6-16-7-14(20)18-13/h2-8H,1H3,(H,18,20). The van der Waals surface area contributed by atoms with E-state index in [2.05, 4.69) is 15.0 Å². The molecule has 6 heteroatoms. The molecule has 5 nitrogen and oxygen atoms in total. The number of halogens is 1. The second-order valence-corrected chi connectivity index (χ2v) is 4.77. The van der Waals surface area contributed by atoms with Crippen LogP contribution in [0.3, 0.4) is 0 Å². The van der Waals surface area contributed by atoms with Crippen LogP contribution in [0, 0.1) is 6.92 Å². The van der Waals surface area contributed by atoms with Crippen LogP contribution < -0.4 is 5.56 Å². The van der Waals surface area contributed by atoms with Gasteiger partial charge in [0, 0.05) is 16.8 Å². The van der Waals surface area contributed by atoms with E-state index in [4.69, 9.17) is 11.6 Å². The molecule has 3 rings (SSSR count). The van der Waals surface area contributed by atoms with Crippen molar-refractivity contribution in [2.45, 2.75) is 6.92 Å². The van der Waals surface area contributed by atoms with E-state index in [0.29, 0.717) is 10.8 Å². The van der Waals surface area contributed by atoms with Gasteiger partial charge in [-0.15, -0.1) is 0 Å². The van der Waals surface area contributed by atoms with Gasteiger partial charge in [0.05, 0.1) is 18.1 Å². The van der Waals surface area contributed by atoms with Crippen LogP contribution in [0.5, 0.6) is 0 Å². The maximum Gasteiger partial charge on any atom is 0.267 e. The van der Waals surface area contributed by atoms with Crippen molar-refractivity contribution in [3.8, 4) is 17.1 Å². The van der Waals surface area contributed by atoms with Crippen molar-refractivity contribution in [3.63, 3.8) is 0 Å². The Kier molecular flexibility index (Phi) is 3.12. The molecule has 1 N–H and O–H groups in total. The molecule has 3 aromatic rings. The minimum Gasteiger partial charge on any atom is -0.306 e. The minimum absolute atomic E-state index is 0.250. The van der Waals surface area contributed by atoms with Crippen LogP contribution in [-0.2, 0) is 0 Å². The van der Waals surface area contributed by atoms with Gasteiger partial charge in [-0.25, -0.2) is 4.98 Å². The summed E-state index contributed by atoms with van der Waals surface area (Å²) in [5.41, 5.74) is 1.46. The molecule has 2 aromatic heterocycles. The van der Waals surface area contributed by atoms with E-state index in [9.17, 15) is 4.79 Å². The lowest BCUT2D eigenvalue weighted by Gasteiger charge is -2.02. The lowest BCUT2D eigenvalue weighted by Crippen LogP contribution is -2.10. The Labute approximate surface area is 119 Å². The van der Waals surface area contributed by atoms with Crippen LogP contribution >= 0.6 is 11.6 Å². The van der Waals surface area contributed by atoms with Crippen molar-refractivity contribution in [1.29, 1.82) is 0 Å². The monoisotopic (exact) mass is 286 g/mol. The van der Waals surface area contributed by atoms with Gasteiger partial charge >= 0.3 is 0 Å². The summed E-state index contributed by atoms with van der Waals surface area (Å²) in [7, 11) is 0. The Bertz CT molecular complexity index is 822. The number of aryl methyl sites for hydroxylation is 1. The second-order valence-electron chi connectivity index (χ2n) is 4.34. The maximum atomic E-state index is 11.3. The van der Waals surface area contributed by atoms with E-state index in [1.807, 2.05) is 37.4 Å². The zero-order chi connectivity index (χ0) is 14.1. The number of aromatic nitrogens is 4. The van der Waals surface area contributed by atoms with Crippen molar-refractivity contribution < 1.29 is 0 Å². The van der Waals surface area contributed by atoms with Crippen molar-refractivity contribution in [1.82, 2.24) is 19.5 Å². The van der Waals surface area contributed by atoms with E-state index >= 15 is 0 Å². The molecule has 0 saturated heterocycles. The van der Waals surface area contributed by atoms with Crippen molar-refractivity contribution in [3.05, 3.63) is 64.1 Å². The number of hydrogen-bond donors (Lipinski definition) is 1. The third-order valence-corrected chi connectivity index (χ3v) is 3.14. The van der Waals surface area contributed by atoms with Gasteiger partial charge in [0.2, 0.25) is 0 Å². The number of nitrogens with one attached hydrogen (secondary N) is 1. The lowest BCUT2D eigenvalue weighted by molar-refractivity contribution is 0.907. The number of aromatic amines is 1. The fourth-order valence-electron chi connectivity index (χ4n) is 1.99. The average molecular weight is 287 g/mol. The van der Waals surface area contributed by atoms with E-state index in [1.165, 1.54) is 6.20 Å². The zero-order valence-electron chi connectivity index (χ0n) is 10.7. The summed E-state index contributed by atoms with van der Waals surface area (Å²) < 4.78 is 1.78. The maximum absolute atomic E-state index is 11.3. The molecule has 0 aliphatic rings. The summed E-state index contributed by atoms with van der Waals surface area (Å²) in [4.78, 5) is 22.4. The molecule has 100 valence electrons. The lowest BCUT2D eigenvalue weighted by atomic mass is 10.2. The van der Waals surface area contributed by atoms with Gasteiger partial charge in [-0.1, -0.05) is 23.7 Å². The summed E-state index contributed by atoms with van der Waals surface area (Å²) in [6, 6.07) is 7.47. The SMILES string of the molecule is Cc1nc(-c2cccc(Cl)c2)cn1-c1cncc(=O)[nH]1. The zero-order valence-corrected chi connectivity index (χ0v) is 11.4. The molecule has 0 radical (unpaired) electrons. The third kappa shape index (κ3) is 2.35. The van der Waals surface area contributed by atoms with E-state index in [-0.39, 0.29) is 5.56 Å². The van der Waals surface area contributed by atoms with Crippen LogP contribution in [0.15, 0.2) is 47.7 Å². The molecule has 0 aliphatic carbocycles. The number of rotatable bonds is 2. The quantitative estimate of drug-likeness (QED) is 0.787. The van der Waals surface area contributed by atoms with Crippen LogP contribution in [0.4, 0.5) is 0 Å². The highest BCUT2D eigenvalue weighted by Gasteiger charge is 2.09. The molecular weight excluding hydrogens is 276 g/mol. The molecule has 2 heterocycles. The molecular formula is C14H11ClN4O. The minimum atomic E-state index is -0.250. The molecule has 0 spiro atoms. The largest absolute Gasteiger partial charge is 0.306 e. The predicted octanol–water partition coefficient (Wildman–Crippen LogP) is 2.58. The highest BCUT2D eigenvalue weighted by Crippen LogP contribution is 2.23. The van der Waals surface area contributed by atoms with Crippen LogP contribution in [0.25, 0.3) is 17.1 Å². The van der Waals surface area contributed by atoms with Gasteiger partial charge in [-0.2, -0.15) is 0 Å². The Hall–Kier alpha value is -2.40. The molecule has 1 aromatic carbocycles. The van der Waals surface area contributed by atoms with E-state index in [0.717, 1.165) is 17.1 Å². The molecule has 0 amide bonds. The number of hydrogen-bond acceptors (Lipinski definition) is 3. The second kappa shape index (κ2) is 4.94. The summed E-state index contributed by atoms with van der Waals surface area (Å²) in [6.45, 7) is 1.86. The summed E-state index contributed by atoms with van der Waals surface area (Å²) >= 11 is 5.99. The van der Waals surface area contributed by atoms with E-state index < -0.39 is 0 Å². The normalized spacial score (nSPS) is 10.7. The van der Waals surface area contributed by atoms with Crippen LogP contribution in [0.1, 0.15) is 5.82 Å². The van der Waals surface area contributed by atoms with Crippen LogP contribution in [-0.4, -0.2) is 19.5 Å². The van der Waals surface area contributed by atoms with Gasteiger partial charge in [0.1, 0.15) is 11.6 Å². The third-order valence-electron chi connectivity index (χ3n) is 2.90. The fraction of sp³-hybridized carbons (Fsp3) is 0.0714. The summed E-state index contributed by atoms with van der Waals surface area (Å²) in [5.74, 6) is 1.33. The van der Waals surface area contributed by atoms with Gasteiger partial charge < -0.3 is 4.98 Å². The summed E-state index contributed by atoms with van der Waals surface area (Å²) in [6.07, 6.45) is 4.65.